The molecule has 1 N–H and O–H groups in total. The largest absolute Gasteiger partial charge is 0.490 e. The summed E-state index contributed by atoms with van der Waals surface area (Å²) < 4.78 is 6.04. The van der Waals surface area contributed by atoms with Gasteiger partial charge in [-0.05, 0) is 37.8 Å². The number of carbonyl (C=O) groups excluding carboxylic acids is 2. The van der Waals surface area contributed by atoms with Gasteiger partial charge in [0.25, 0.3) is 5.91 Å². The molecule has 1 aliphatic heterocycles. The normalized spacial score (nSPS) is 26.0. The molecular weight excluding hydrogens is 340 g/mol. The molecule has 1 aromatic carbocycles. The molecule has 5 nitrogen and oxygen atoms in total. The zero-order chi connectivity index (χ0) is 20.0. The fourth-order valence-electron chi connectivity index (χ4n) is 3.42. The van der Waals surface area contributed by atoms with E-state index in [9.17, 15) is 9.59 Å². The first kappa shape index (κ1) is 21.0. The second-order valence-corrected chi connectivity index (χ2v) is 7.59. The summed E-state index contributed by atoms with van der Waals surface area (Å²) >= 11 is 0. The van der Waals surface area contributed by atoms with Crippen molar-refractivity contribution in [2.75, 3.05) is 7.05 Å². The molecule has 2 amide bonds. The van der Waals surface area contributed by atoms with Gasteiger partial charge in [-0.2, -0.15) is 0 Å². The van der Waals surface area contributed by atoms with Crippen LogP contribution in [0.2, 0.25) is 0 Å². The number of nitrogens with one attached hydrogen (secondary N) is 1. The minimum absolute atomic E-state index is 0.00749. The summed E-state index contributed by atoms with van der Waals surface area (Å²) in [7, 11) is 1.69. The lowest BCUT2D eigenvalue weighted by Crippen LogP contribution is -2.52. The van der Waals surface area contributed by atoms with Crippen molar-refractivity contribution in [2.45, 2.75) is 65.1 Å². The van der Waals surface area contributed by atoms with Crippen LogP contribution < -0.4 is 10.1 Å². The van der Waals surface area contributed by atoms with E-state index in [-0.39, 0.29) is 29.9 Å². The molecule has 27 heavy (non-hydrogen) atoms. The van der Waals surface area contributed by atoms with E-state index >= 15 is 0 Å². The van der Waals surface area contributed by atoms with Gasteiger partial charge >= 0.3 is 0 Å². The van der Waals surface area contributed by atoms with Crippen molar-refractivity contribution in [1.82, 2.24) is 10.2 Å². The monoisotopic (exact) mass is 372 g/mol. The summed E-state index contributed by atoms with van der Waals surface area (Å²) in [5, 5.41) is 3.12. The van der Waals surface area contributed by atoms with Crippen LogP contribution in [0, 0.1) is 5.92 Å². The van der Waals surface area contributed by atoms with E-state index in [2.05, 4.69) is 24.4 Å². The highest BCUT2D eigenvalue weighted by Gasteiger charge is 2.32. The number of likely N-dealkylation sites (N-methyl/N-ethyl adjacent to an activating group) is 1. The van der Waals surface area contributed by atoms with E-state index in [1.165, 1.54) is 0 Å². The molecule has 2 rings (SSSR count). The Morgan fingerprint density at radius 2 is 1.85 bits per heavy atom. The predicted molar refractivity (Wildman–Crippen MR) is 108 cm³/mol. The average molecular weight is 373 g/mol. The number of fused-ring (bicyclic) bond motifs is 1. The Bertz CT molecular complexity index is 684. The highest BCUT2D eigenvalue weighted by Crippen LogP contribution is 2.24. The third-order valence-electron chi connectivity index (χ3n) is 4.98. The van der Waals surface area contributed by atoms with Gasteiger partial charge in [-0.1, -0.05) is 45.1 Å². The Morgan fingerprint density at radius 1 is 1.19 bits per heavy atom. The van der Waals surface area contributed by atoms with E-state index in [1.54, 1.807) is 18.0 Å². The van der Waals surface area contributed by atoms with Gasteiger partial charge in [-0.25, -0.2) is 0 Å². The van der Waals surface area contributed by atoms with Crippen LogP contribution in [0.4, 0.5) is 0 Å². The van der Waals surface area contributed by atoms with Crippen LogP contribution >= 0.6 is 0 Å². The van der Waals surface area contributed by atoms with Crippen LogP contribution in [0.5, 0.6) is 5.75 Å². The number of carbonyl (C=O) groups is 2. The van der Waals surface area contributed by atoms with Gasteiger partial charge in [0.05, 0.1) is 11.7 Å². The molecule has 0 spiro atoms. The number of ether oxygens (including phenoxy) is 1. The molecule has 1 aromatic rings. The Hall–Kier alpha value is -2.30. The minimum Gasteiger partial charge on any atom is -0.490 e. The van der Waals surface area contributed by atoms with E-state index in [4.69, 9.17) is 4.74 Å². The fraction of sp³-hybridized carbons (Fsp3) is 0.545. The van der Waals surface area contributed by atoms with E-state index in [1.807, 2.05) is 39.0 Å². The van der Waals surface area contributed by atoms with Crippen LogP contribution in [0.15, 0.2) is 36.4 Å². The minimum atomic E-state index is -0.538. The van der Waals surface area contributed by atoms with Crippen molar-refractivity contribution in [3.63, 3.8) is 0 Å². The van der Waals surface area contributed by atoms with Crippen molar-refractivity contribution in [1.29, 1.82) is 0 Å². The molecule has 0 bridgehead atoms. The van der Waals surface area contributed by atoms with E-state index < -0.39 is 6.04 Å². The molecule has 0 unspecified atom stereocenters. The standard InChI is InChI=1S/C22H32N2O3/c1-6-17-12-8-7-11-16(4)27-19-14-10-9-13-18(19)22(26)24(5)20(15(2)3)21(25)23-17/h7-10,13-17,20H,6,11-12H2,1-5H3,(H,23,25)/b8-7-/t16-,17-,20-/m0/s1. The molecule has 0 saturated carbocycles. The second kappa shape index (κ2) is 9.58. The average Bonchev–Trinajstić information content (AvgIpc) is 2.63. The summed E-state index contributed by atoms with van der Waals surface area (Å²) in [6.07, 6.45) is 6.50. The third-order valence-corrected chi connectivity index (χ3v) is 4.98. The molecule has 148 valence electrons. The maximum atomic E-state index is 13.2. The van der Waals surface area contributed by atoms with Crippen LogP contribution in [0.1, 0.15) is 57.3 Å². The number of amides is 2. The molecule has 3 atom stereocenters. The Morgan fingerprint density at radius 3 is 2.52 bits per heavy atom. The lowest BCUT2D eigenvalue weighted by Gasteiger charge is -2.32. The summed E-state index contributed by atoms with van der Waals surface area (Å²) in [5.74, 6) is 0.241. The van der Waals surface area contributed by atoms with Gasteiger partial charge in [-0.15, -0.1) is 0 Å². The number of para-hydroxylation sites is 1. The summed E-state index contributed by atoms with van der Waals surface area (Å²) in [4.78, 5) is 27.7. The molecule has 0 aromatic heterocycles. The van der Waals surface area contributed by atoms with Crippen LogP contribution in [0.3, 0.4) is 0 Å². The highest BCUT2D eigenvalue weighted by molar-refractivity contribution is 5.99. The molecule has 1 aliphatic rings. The number of rotatable bonds is 2. The van der Waals surface area contributed by atoms with Crippen molar-refractivity contribution in [3.05, 3.63) is 42.0 Å². The molecule has 0 fully saturated rings. The molecule has 0 radical (unpaired) electrons. The Kier molecular flexibility index (Phi) is 7.45. The van der Waals surface area contributed by atoms with Gasteiger partial charge in [0.2, 0.25) is 5.91 Å². The first-order valence-electron chi connectivity index (χ1n) is 9.83. The van der Waals surface area contributed by atoms with Crippen molar-refractivity contribution in [3.8, 4) is 5.75 Å². The maximum Gasteiger partial charge on any atom is 0.258 e. The van der Waals surface area contributed by atoms with Gasteiger partial charge in [0.15, 0.2) is 0 Å². The number of nitrogens with zero attached hydrogens (tertiary/aromatic N) is 1. The van der Waals surface area contributed by atoms with Crippen LogP contribution in [-0.2, 0) is 4.79 Å². The highest BCUT2D eigenvalue weighted by atomic mass is 16.5. The van der Waals surface area contributed by atoms with Crippen molar-refractivity contribution < 1.29 is 14.3 Å². The SMILES string of the molecule is CC[C@H]1C/C=C\C[C@H](C)Oc2ccccc2C(=O)N(C)[C@@H](C(C)C)C(=O)N1. The summed E-state index contributed by atoms with van der Waals surface area (Å²) in [6, 6.07) is 6.77. The lowest BCUT2D eigenvalue weighted by molar-refractivity contribution is -0.127. The van der Waals surface area contributed by atoms with E-state index in [0.717, 1.165) is 19.3 Å². The van der Waals surface area contributed by atoms with Crippen molar-refractivity contribution in [2.24, 2.45) is 5.92 Å². The number of hydrogen-bond acceptors (Lipinski definition) is 3. The fourth-order valence-corrected chi connectivity index (χ4v) is 3.42. The third kappa shape index (κ3) is 5.34. The van der Waals surface area contributed by atoms with Crippen LogP contribution in [-0.4, -0.2) is 41.9 Å². The molecule has 5 heteroatoms. The molecule has 1 heterocycles. The summed E-state index contributed by atoms with van der Waals surface area (Å²) in [6.45, 7) is 7.98. The zero-order valence-corrected chi connectivity index (χ0v) is 17.1. The topological polar surface area (TPSA) is 58.6 Å². The van der Waals surface area contributed by atoms with Gasteiger partial charge in [0.1, 0.15) is 11.8 Å². The smallest absolute Gasteiger partial charge is 0.258 e. The van der Waals surface area contributed by atoms with Crippen LogP contribution in [0.25, 0.3) is 0 Å². The molecule has 0 aliphatic carbocycles. The van der Waals surface area contributed by atoms with Gasteiger partial charge in [0, 0.05) is 19.5 Å². The Labute approximate surface area is 162 Å². The maximum absolute atomic E-state index is 13.2. The van der Waals surface area contributed by atoms with E-state index in [0.29, 0.717) is 11.3 Å². The van der Waals surface area contributed by atoms with Crippen molar-refractivity contribution >= 4 is 11.8 Å². The molecule has 0 saturated heterocycles. The first-order valence-corrected chi connectivity index (χ1v) is 9.83. The number of benzene rings is 1. The lowest BCUT2D eigenvalue weighted by atomic mass is 9.99. The first-order chi connectivity index (χ1) is 12.8. The zero-order valence-electron chi connectivity index (χ0n) is 17.1. The second-order valence-electron chi connectivity index (χ2n) is 7.59. The summed E-state index contributed by atoms with van der Waals surface area (Å²) in [5.41, 5.74) is 0.485. The molecular formula is C22H32N2O3. The number of hydrogen-bond donors (Lipinski definition) is 1. The predicted octanol–water partition coefficient (Wildman–Crippen LogP) is 3.80. The Balaban J connectivity index is 2.43. The van der Waals surface area contributed by atoms with Gasteiger partial charge in [-0.3, -0.25) is 9.59 Å². The van der Waals surface area contributed by atoms with Gasteiger partial charge < -0.3 is 15.0 Å². The quantitative estimate of drug-likeness (QED) is 0.804.